The zero-order chi connectivity index (χ0) is 26.7. The van der Waals surface area contributed by atoms with E-state index in [-0.39, 0.29) is 11.0 Å². The molecule has 0 N–H and O–H groups in total. The van der Waals surface area contributed by atoms with E-state index in [1.54, 1.807) is 0 Å². The van der Waals surface area contributed by atoms with E-state index in [0.29, 0.717) is 0 Å². The maximum absolute atomic E-state index is 6.35. The molecule has 1 aliphatic heterocycles. The maximum atomic E-state index is 6.35. The summed E-state index contributed by atoms with van der Waals surface area (Å²) in [5.41, 5.74) is 6.61. The number of halogens is 2. The highest BCUT2D eigenvalue weighted by atomic mass is 79.9. The van der Waals surface area contributed by atoms with Gasteiger partial charge in [0.1, 0.15) is 11.4 Å². The molecule has 0 radical (unpaired) electrons. The predicted molar refractivity (Wildman–Crippen MR) is 167 cm³/mol. The molecular weight excluding hydrogens is 598 g/mol. The van der Waals surface area contributed by atoms with Crippen LogP contribution >= 0.6 is 31.9 Å². The van der Waals surface area contributed by atoms with Gasteiger partial charge in [-0.2, -0.15) is 0 Å². The molecule has 1 aliphatic rings. The van der Waals surface area contributed by atoms with Gasteiger partial charge in [0, 0.05) is 36.7 Å². The Morgan fingerprint density at radius 3 is 1.87 bits per heavy atom. The van der Waals surface area contributed by atoms with E-state index in [1.165, 1.54) is 27.5 Å². The summed E-state index contributed by atoms with van der Waals surface area (Å²) in [4.78, 5) is 2.34. The van der Waals surface area contributed by atoms with Gasteiger partial charge in [-0.25, -0.2) is 0 Å². The van der Waals surface area contributed by atoms with Crippen LogP contribution in [0.15, 0.2) is 112 Å². The van der Waals surface area contributed by atoms with E-state index in [9.17, 15) is 0 Å². The Bertz CT molecular complexity index is 1610. The minimum absolute atomic E-state index is 0.0983. The van der Waals surface area contributed by atoms with Crippen LogP contribution in [0.3, 0.4) is 0 Å². The Labute approximate surface area is 241 Å². The lowest BCUT2D eigenvalue weighted by atomic mass is 9.73. The molecule has 38 heavy (non-hydrogen) atoms. The Morgan fingerprint density at radius 2 is 1.24 bits per heavy atom. The standard InChI is InChI=1S/C34H29Br2NO/c1-33(2)30-20-22(9-18-32(30)38-34(33,3)4)24-19-23-7-5-6-8-29(23)31(21-24)37(27-14-10-25(35)11-15-27)28-16-12-26(36)13-17-28/h5-21H,1-4H3. The maximum Gasteiger partial charge on any atom is 0.124 e. The fourth-order valence-electron chi connectivity index (χ4n) is 5.26. The van der Waals surface area contributed by atoms with E-state index in [2.05, 4.69) is 168 Å². The molecule has 1 heterocycles. The van der Waals surface area contributed by atoms with E-state index >= 15 is 0 Å². The van der Waals surface area contributed by atoms with Crippen molar-refractivity contribution in [3.63, 3.8) is 0 Å². The molecule has 0 atom stereocenters. The van der Waals surface area contributed by atoms with Crippen LogP contribution < -0.4 is 9.64 Å². The summed E-state index contributed by atoms with van der Waals surface area (Å²) in [6.45, 7) is 8.90. The minimum atomic E-state index is -0.261. The van der Waals surface area contributed by atoms with Crippen LogP contribution in [0.1, 0.15) is 33.3 Å². The van der Waals surface area contributed by atoms with Crippen molar-refractivity contribution in [1.82, 2.24) is 0 Å². The number of rotatable bonds is 4. The lowest BCUT2D eigenvalue weighted by Gasteiger charge is -2.33. The second-order valence-corrected chi connectivity index (χ2v) is 12.8. The summed E-state index contributed by atoms with van der Waals surface area (Å²) in [7, 11) is 0. The van der Waals surface area contributed by atoms with Crippen LogP contribution in [0.25, 0.3) is 21.9 Å². The molecule has 5 aromatic rings. The lowest BCUT2D eigenvalue weighted by Crippen LogP contribution is -2.41. The molecule has 0 aromatic heterocycles. The topological polar surface area (TPSA) is 12.5 Å². The third kappa shape index (κ3) is 4.24. The van der Waals surface area contributed by atoms with Crippen LogP contribution in [0, 0.1) is 0 Å². The normalized spacial score (nSPS) is 15.2. The van der Waals surface area contributed by atoms with Crippen LogP contribution in [0.5, 0.6) is 5.75 Å². The second kappa shape index (κ2) is 9.29. The highest BCUT2D eigenvalue weighted by Gasteiger charge is 2.47. The first kappa shape index (κ1) is 25.2. The number of ether oxygens (including phenoxy) is 1. The second-order valence-electron chi connectivity index (χ2n) is 11.0. The van der Waals surface area contributed by atoms with Crippen molar-refractivity contribution in [2.75, 3.05) is 4.90 Å². The molecule has 5 aromatic carbocycles. The predicted octanol–water partition coefficient (Wildman–Crippen LogP) is 11.0. The van der Waals surface area contributed by atoms with Crippen LogP contribution in [-0.4, -0.2) is 5.60 Å². The molecule has 190 valence electrons. The van der Waals surface area contributed by atoms with E-state index in [4.69, 9.17) is 4.74 Å². The van der Waals surface area contributed by atoms with Gasteiger partial charge in [-0.1, -0.05) is 76.0 Å². The summed E-state index contributed by atoms with van der Waals surface area (Å²) in [5, 5.41) is 2.41. The summed E-state index contributed by atoms with van der Waals surface area (Å²) in [6.07, 6.45) is 0. The van der Waals surface area contributed by atoms with E-state index in [0.717, 1.165) is 31.8 Å². The molecule has 2 nitrogen and oxygen atoms in total. The van der Waals surface area contributed by atoms with Crippen LogP contribution in [-0.2, 0) is 5.41 Å². The first-order chi connectivity index (χ1) is 18.1. The first-order valence-corrected chi connectivity index (χ1v) is 14.4. The van der Waals surface area contributed by atoms with Crippen molar-refractivity contribution in [2.24, 2.45) is 0 Å². The molecule has 0 saturated carbocycles. The minimum Gasteiger partial charge on any atom is -0.487 e. The van der Waals surface area contributed by atoms with Gasteiger partial charge in [0.15, 0.2) is 0 Å². The molecule has 0 bridgehead atoms. The number of anilines is 3. The number of fused-ring (bicyclic) bond motifs is 2. The number of benzene rings is 5. The number of hydrogen-bond donors (Lipinski definition) is 0. The van der Waals surface area contributed by atoms with Crippen molar-refractivity contribution in [3.8, 4) is 16.9 Å². The van der Waals surface area contributed by atoms with Crippen LogP contribution in [0.2, 0.25) is 0 Å². The van der Waals surface area contributed by atoms with Crippen molar-refractivity contribution < 1.29 is 4.74 Å². The Kier molecular flexibility index (Phi) is 6.16. The summed E-state index contributed by atoms with van der Waals surface area (Å²) in [5.74, 6) is 0.983. The van der Waals surface area contributed by atoms with Gasteiger partial charge in [0.2, 0.25) is 0 Å². The van der Waals surface area contributed by atoms with E-state index < -0.39 is 0 Å². The van der Waals surface area contributed by atoms with Crippen molar-refractivity contribution in [1.29, 1.82) is 0 Å². The summed E-state index contributed by atoms with van der Waals surface area (Å²) < 4.78 is 8.47. The average molecular weight is 627 g/mol. The lowest BCUT2D eigenvalue weighted by molar-refractivity contribution is 0.0712. The molecule has 4 heteroatoms. The molecule has 0 aliphatic carbocycles. The van der Waals surface area contributed by atoms with Gasteiger partial charge >= 0.3 is 0 Å². The van der Waals surface area contributed by atoms with E-state index in [1.807, 2.05) is 0 Å². The molecule has 0 amide bonds. The number of hydrogen-bond acceptors (Lipinski definition) is 2. The molecule has 6 rings (SSSR count). The molecule has 0 unspecified atom stereocenters. The third-order valence-electron chi connectivity index (χ3n) is 8.11. The molecule has 0 fully saturated rings. The fourth-order valence-corrected chi connectivity index (χ4v) is 5.79. The van der Waals surface area contributed by atoms with Gasteiger partial charge in [-0.15, -0.1) is 0 Å². The van der Waals surface area contributed by atoms with Crippen LogP contribution in [0.4, 0.5) is 17.1 Å². The monoisotopic (exact) mass is 625 g/mol. The summed E-state index contributed by atoms with van der Waals surface area (Å²) >= 11 is 7.21. The zero-order valence-corrected chi connectivity index (χ0v) is 25.1. The van der Waals surface area contributed by atoms with Crippen molar-refractivity contribution in [2.45, 2.75) is 38.7 Å². The highest BCUT2D eigenvalue weighted by Crippen LogP contribution is 2.50. The van der Waals surface area contributed by atoms with Gasteiger partial charge in [-0.05, 0) is 103 Å². The molecule has 0 saturated heterocycles. The fraction of sp³-hybridized carbons (Fsp3) is 0.176. The van der Waals surface area contributed by atoms with Gasteiger partial charge < -0.3 is 9.64 Å². The molecular formula is C34H29Br2NO. The molecule has 0 spiro atoms. The smallest absolute Gasteiger partial charge is 0.124 e. The Morgan fingerprint density at radius 1 is 0.632 bits per heavy atom. The highest BCUT2D eigenvalue weighted by molar-refractivity contribution is 9.10. The average Bonchev–Trinajstić information content (AvgIpc) is 3.09. The van der Waals surface area contributed by atoms with Crippen molar-refractivity contribution in [3.05, 3.63) is 118 Å². The third-order valence-corrected chi connectivity index (χ3v) is 9.16. The Balaban J connectivity index is 1.58. The van der Waals surface area contributed by atoms with Gasteiger partial charge in [0.05, 0.1) is 5.69 Å². The van der Waals surface area contributed by atoms with Gasteiger partial charge in [0.25, 0.3) is 0 Å². The zero-order valence-electron chi connectivity index (χ0n) is 21.9. The van der Waals surface area contributed by atoms with Crippen molar-refractivity contribution >= 4 is 59.7 Å². The number of nitrogens with zero attached hydrogens (tertiary/aromatic N) is 1. The quantitative estimate of drug-likeness (QED) is 0.197. The Hall–Kier alpha value is -3.08. The first-order valence-electron chi connectivity index (χ1n) is 12.8. The summed E-state index contributed by atoms with van der Waals surface area (Å²) in [6, 6.07) is 36.9. The largest absolute Gasteiger partial charge is 0.487 e. The van der Waals surface area contributed by atoms with Gasteiger partial charge in [-0.3, -0.25) is 0 Å². The SMILES string of the molecule is CC1(C)Oc2ccc(-c3cc(N(c4ccc(Br)cc4)c4ccc(Br)cc4)c4ccccc4c3)cc2C1(C)C.